The third-order valence-electron chi connectivity index (χ3n) is 1.56. The SMILES string of the molecule is CN1CCCNCC1.Cl. The lowest BCUT2D eigenvalue weighted by Crippen LogP contribution is -2.23. The molecule has 3 heteroatoms. The van der Waals surface area contributed by atoms with Crippen molar-refractivity contribution in [2.75, 3.05) is 33.2 Å². The van der Waals surface area contributed by atoms with Gasteiger partial charge in [-0.15, -0.1) is 12.4 Å². The van der Waals surface area contributed by atoms with E-state index in [1.54, 1.807) is 0 Å². The number of nitrogens with one attached hydrogen (secondary N) is 1. The summed E-state index contributed by atoms with van der Waals surface area (Å²) in [5.74, 6) is 0. The Balaban J connectivity index is 0.000000640. The van der Waals surface area contributed by atoms with Crippen molar-refractivity contribution in [1.29, 1.82) is 0 Å². The van der Waals surface area contributed by atoms with Crippen LogP contribution < -0.4 is 5.32 Å². The van der Waals surface area contributed by atoms with Crippen LogP contribution in [0.2, 0.25) is 0 Å². The third-order valence-corrected chi connectivity index (χ3v) is 1.56. The van der Waals surface area contributed by atoms with Crippen LogP contribution in [0, 0.1) is 0 Å². The number of nitrogens with zero attached hydrogens (tertiary/aromatic N) is 1. The molecule has 1 heterocycles. The molecule has 0 atom stereocenters. The van der Waals surface area contributed by atoms with Crippen molar-refractivity contribution in [3.8, 4) is 0 Å². The van der Waals surface area contributed by atoms with Crippen molar-refractivity contribution in [2.24, 2.45) is 0 Å². The maximum Gasteiger partial charge on any atom is 0.0104 e. The maximum absolute atomic E-state index is 3.34. The van der Waals surface area contributed by atoms with Crippen LogP contribution in [0.25, 0.3) is 0 Å². The predicted molar refractivity (Wildman–Crippen MR) is 42.2 cm³/mol. The summed E-state index contributed by atoms with van der Waals surface area (Å²) < 4.78 is 0. The van der Waals surface area contributed by atoms with Crippen molar-refractivity contribution in [3.63, 3.8) is 0 Å². The molecule has 56 valence electrons. The lowest BCUT2D eigenvalue weighted by Gasteiger charge is -2.09. The topological polar surface area (TPSA) is 15.3 Å². The van der Waals surface area contributed by atoms with Gasteiger partial charge < -0.3 is 10.2 Å². The first-order chi connectivity index (χ1) is 3.89. The minimum atomic E-state index is 0. The first-order valence-electron chi connectivity index (χ1n) is 3.29. The largest absolute Gasteiger partial charge is 0.315 e. The zero-order chi connectivity index (χ0) is 5.82. The van der Waals surface area contributed by atoms with E-state index in [9.17, 15) is 0 Å². The Labute approximate surface area is 63.0 Å². The highest BCUT2D eigenvalue weighted by atomic mass is 35.5. The molecule has 1 aliphatic heterocycles. The number of hydrogen-bond donors (Lipinski definition) is 1. The molecule has 0 aromatic heterocycles. The van der Waals surface area contributed by atoms with Crippen LogP contribution >= 0.6 is 12.4 Å². The van der Waals surface area contributed by atoms with Gasteiger partial charge in [-0.05, 0) is 26.6 Å². The number of likely N-dealkylation sites (N-methyl/N-ethyl adjacent to an activating group) is 1. The van der Waals surface area contributed by atoms with Crippen LogP contribution in [-0.2, 0) is 0 Å². The molecule has 0 aromatic carbocycles. The van der Waals surface area contributed by atoms with Gasteiger partial charge in [-0.3, -0.25) is 0 Å². The smallest absolute Gasteiger partial charge is 0.0104 e. The summed E-state index contributed by atoms with van der Waals surface area (Å²) in [5.41, 5.74) is 0. The summed E-state index contributed by atoms with van der Waals surface area (Å²) in [6.45, 7) is 4.83. The highest BCUT2D eigenvalue weighted by Crippen LogP contribution is 1.88. The molecule has 0 aromatic rings. The van der Waals surface area contributed by atoms with Gasteiger partial charge in [0.05, 0.1) is 0 Å². The molecule has 1 rings (SSSR count). The summed E-state index contributed by atoms with van der Waals surface area (Å²) in [5, 5.41) is 3.34. The van der Waals surface area contributed by atoms with Gasteiger partial charge in [0.25, 0.3) is 0 Å². The lowest BCUT2D eigenvalue weighted by molar-refractivity contribution is 0.358. The summed E-state index contributed by atoms with van der Waals surface area (Å²) in [4.78, 5) is 2.36. The highest BCUT2D eigenvalue weighted by Gasteiger charge is 2.00. The molecule has 0 radical (unpaired) electrons. The minimum Gasteiger partial charge on any atom is -0.315 e. The van der Waals surface area contributed by atoms with E-state index in [4.69, 9.17) is 0 Å². The van der Waals surface area contributed by atoms with Gasteiger partial charge in [-0.2, -0.15) is 0 Å². The zero-order valence-electron chi connectivity index (χ0n) is 5.89. The lowest BCUT2D eigenvalue weighted by atomic mass is 10.4. The molecule has 1 N–H and O–H groups in total. The van der Waals surface area contributed by atoms with Gasteiger partial charge in [-0.25, -0.2) is 0 Å². The van der Waals surface area contributed by atoms with Crippen LogP contribution in [0.3, 0.4) is 0 Å². The molecule has 0 amide bonds. The van der Waals surface area contributed by atoms with Crippen LogP contribution in [0.5, 0.6) is 0 Å². The average Bonchev–Trinajstić information content (AvgIpc) is 1.94. The molecule has 0 spiro atoms. The minimum absolute atomic E-state index is 0. The summed E-state index contributed by atoms with van der Waals surface area (Å²) in [6.07, 6.45) is 1.30. The van der Waals surface area contributed by atoms with Crippen molar-refractivity contribution in [1.82, 2.24) is 10.2 Å². The molecule has 1 saturated heterocycles. The fourth-order valence-corrected chi connectivity index (χ4v) is 0.981. The van der Waals surface area contributed by atoms with E-state index in [-0.39, 0.29) is 12.4 Å². The second kappa shape index (κ2) is 5.03. The Hall–Kier alpha value is 0.210. The Morgan fingerprint density at radius 1 is 1.22 bits per heavy atom. The van der Waals surface area contributed by atoms with E-state index in [0.29, 0.717) is 0 Å². The third kappa shape index (κ3) is 3.73. The van der Waals surface area contributed by atoms with E-state index in [2.05, 4.69) is 17.3 Å². The fraction of sp³-hybridized carbons (Fsp3) is 1.00. The standard InChI is InChI=1S/C6H14N2.ClH/c1-8-5-2-3-7-4-6-8;/h7H,2-6H2,1H3;1H. The Bertz CT molecular complexity index is 60.1. The maximum atomic E-state index is 3.34. The monoisotopic (exact) mass is 150 g/mol. The molecule has 9 heavy (non-hydrogen) atoms. The Kier molecular flexibility index (Phi) is 5.15. The predicted octanol–water partition coefficient (Wildman–Crippen LogP) is 0.333. The van der Waals surface area contributed by atoms with E-state index < -0.39 is 0 Å². The van der Waals surface area contributed by atoms with E-state index in [1.807, 2.05) is 0 Å². The average molecular weight is 151 g/mol. The molecular weight excluding hydrogens is 136 g/mol. The van der Waals surface area contributed by atoms with E-state index in [1.165, 1.54) is 26.1 Å². The Morgan fingerprint density at radius 2 is 2.00 bits per heavy atom. The number of hydrogen-bond acceptors (Lipinski definition) is 2. The first-order valence-corrected chi connectivity index (χ1v) is 3.29. The molecule has 0 aliphatic carbocycles. The summed E-state index contributed by atoms with van der Waals surface area (Å²) in [7, 11) is 2.17. The van der Waals surface area contributed by atoms with Gasteiger partial charge in [0.15, 0.2) is 0 Å². The van der Waals surface area contributed by atoms with E-state index in [0.717, 1.165) is 6.54 Å². The van der Waals surface area contributed by atoms with Crippen molar-refractivity contribution >= 4 is 12.4 Å². The van der Waals surface area contributed by atoms with E-state index >= 15 is 0 Å². The van der Waals surface area contributed by atoms with Crippen molar-refractivity contribution in [3.05, 3.63) is 0 Å². The molecule has 1 fully saturated rings. The Morgan fingerprint density at radius 3 is 2.78 bits per heavy atom. The second-order valence-corrected chi connectivity index (χ2v) is 2.41. The fourth-order valence-electron chi connectivity index (χ4n) is 0.981. The molecule has 0 unspecified atom stereocenters. The van der Waals surface area contributed by atoms with Crippen molar-refractivity contribution in [2.45, 2.75) is 6.42 Å². The van der Waals surface area contributed by atoms with Crippen LogP contribution in [0.4, 0.5) is 0 Å². The van der Waals surface area contributed by atoms with Crippen LogP contribution in [0.1, 0.15) is 6.42 Å². The second-order valence-electron chi connectivity index (χ2n) is 2.41. The molecule has 2 nitrogen and oxygen atoms in total. The number of rotatable bonds is 0. The van der Waals surface area contributed by atoms with Crippen LogP contribution in [-0.4, -0.2) is 38.1 Å². The van der Waals surface area contributed by atoms with Gasteiger partial charge in [0.1, 0.15) is 0 Å². The first kappa shape index (κ1) is 9.21. The molecule has 1 aliphatic rings. The molecule has 0 saturated carbocycles. The quantitative estimate of drug-likeness (QED) is 0.536. The summed E-state index contributed by atoms with van der Waals surface area (Å²) in [6, 6.07) is 0. The van der Waals surface area contributed by atoms with Gasteiger partial charge >= 0.3 is 0 Å². The summed E-state index contributed by atoms with van der Waals surface area (Å²) >= 11 is 0. The number of halogens is 1. The molecule has 0 bridgehead atoms. The highest BCUT2D eigenvalue weighted by molar-refractivity contribution is 5.85. The van der Waals surface area contributed by atoms with Crippen molar-refractivity contribution < 1.29 is 0 Å². The van der Waals surface area contributed by atoms with Gasteiger partial charge in [-0.1, -0.05) is 0 Å². The van der Waals surface area contributed by atoms with Crippen LogP contribution in [0.15, 0.2) is 0 Å². The zero-order valence-corrected chi connectivity index (χ0v) is 6.71. The normalized spacial score (nSPS) is 22.3. The van der Waals surface area contributed by atoms with Gasteiger partial charge in [0, 0.05) is 13.1 Å². The van der Waals surface area contributed by atoms with Gasteiger partial charge in [0.2, 0.25) is 0 Å². The molecular formula is C6H15ClN2.